The maximum Gasteiger partial charge on any atom is 0.132 e. The van der Waals surface area contributed by atoms with E-state index in [0.29, 0.717) is 12.2 Å². The summed E-state index contributed by atoms with van der Waals surface area (Å²) < 4.78 is 5.17. The molecule has 0 aromatic carbocycles. The van der Waals surface area contributed by atoms with Crippen molar-refractivity contribution in [2.75, 3.05) is 0 Å². The van der Waals surface area contributed by atoms with Crippen LogP contribution in [0.25, 0.3) is 0 Å². The van der Waals surface area contributed by atoms with Gasteiger partial charge in [-0.25, -0.2) is 0 Å². The van der Waals surface area contributed by atoms with Gasteiger partial charge in [-0.2, -0.15) is 0 Å². The number of aliphatic hydroxyl groups is 1. The predicted octanol–water partition coefficient (Wildman–Crippen LogP) is 2.28. The first-order valence-corrected chi connectivity index (χ1v) is 6.09. The van der Waals surface area contributed by atoms with E-state index in [9.17, 15) is 5.11 Å². The normalized spacial score (nSPS) is 14.3. The molecular weight excluding hydrogens is 228 g/mol. The van der Waals surface area contributed by atoms with E-state index in [-0.39, 0.29) is 6.04 Å². The number of hydrogen-bond acceptors (Lipinski definition) is 4. The number of aliphatic hydroxyl groups excluding tert-OH is 1. The third-order valence-electron chi connectivity index (χ3n) is 2.85. The summed E-state index contributed by atoms with van der Waals surface area (Å²) in [6.45, 7) is 2.82. The first kappa shape index (κ1) is 12.8. The molecule has 0 spiro atoms. The van der Waals surface area contributed by atoms with E-state index < -0.39 is 6.10 Å². The average molecular weight is 246 g/mol. The summed E-state index contributed by atoms with van der Waals surface area (Å²) >= 11 is 0. The van der Waals surface area contributed by atoms with E-state index in [2.05, 4.69) is 10.3 Å². The average Bonchev–Trinajstić information content (AvgIpc) is 2.91. The topological polar surface area (TPSA) is 58.3 Å². The zero-order valence-corrected chi connectivity index (χ0v) is 10.4. The Bertz CT molecular complexity index is 442. The molecule has 0 saturated carbocycles. The van der Waals surface area contributed by atoms with Gasteiger partial charge in [0.1, 0.15) is 11.9 Å². The van der Waals surface area contributed by atoms with Crippen molar-refractivity contribution in [1.29, 1.82) is 0 Å². The summed E-state index contributed by atoms with van der Waals surface area (Å²) in [7, 11) is 0. The molecule has 0 amide bonds. The zero-order valence-electron chi connectivity index (χ0n) is 10.4. The molecule has 0 fully saturated rings. The van der Waals surface area contributed by atoms with Gasteiger partial charge < -0.3 is 14.8 Å². The van der Waals surface area contributed by atoms with Crippen LogP contribution in [-0.2, 0) is 6.54 Å². The fourth-order valence-electron chi connectivity index (χ4n) is 1.81. The summed E-state index contributed by atoms with van der Waals surface area (Å²) in [4.78, 5) is 3.97. The smallest absolute Gasteiger partial charge is 0.132 e. The Balaban J connectivity index is 1.77. The SMILES string of the molecule is C[C@H](C[C@H](O)c1ccco1)NCc1ccncc1. The molecule has 0 saturated heterocycles. The lowest BCUT2D eigenvalue weighted by atomic mass is 10.1. The van der Waals surface area contributed by atoms with Gasteiger partial charge in [0.2, 0.25) is 0 Å². The number of nitrogens with one attached hydrogen (secondary N) is 1. The number of hydrogen-bond donors (Lipinski definition) is 2. The highest BCUT2D eigenvalue weighted by molar-refractivity contribution is 5.09. The van der Waals surface area contributed by atoms with Crippen molar-refractivity contribution in [2.24, 2.45) is 0 Å². The molecule has 4 nitrogen and oxygen atoms in total. The predicted molar refractivity (Wildman–Crippen MR) is 68.8 cm³/mol. The second-order valence-electron chi connectivity index (χ2n) is 4.40. The largest absolute Gasteiger partial charge is 0.467 e. The van der Waals surface area contributed by atoms with E-state index >= 15 is 0 Å². The van der Waals surface area contributed by atoms with Crippen molar-refractivity contribution in [3.05, 3.63) is 54.2 Å². The van der Waals surface area contributed by atoms with E-state index in [4.69, 9.17) is 4.42 Å². The number of furan rings is 1. The standard InChI is InChI=1S/C14H18N2O2/c1-11(9-13(17)14-3-2-8-18-14)16-10-12-4-6-15-7-5-12/h2-8,11,13,16-17H,9-10H2,1H3/t11-,13+/m1/s1. The molecule has 2 rings (SSSR count). The van der Waals surface area contributed by atoms with Crippen LogP contribution < -0.4 is 5.32 Å². The molecule has 0 aliphatic carbocycles. The van der Waals surface area contributed by atoms with Crippen molar-refractivity contribution < 1.29 is 9.52 Å². The lowest BCUT2D eigenvalue weighted by Crippen LogP contribution is -2.27. The fraction of sp³-hybridized carbons (Fsp3) is 0.357. The number of rotatable bonds is 6. The number of aromatic nitrogens is 1. The molecular formula is C14H18N2O2. The van der Waals surface area contributed by atoms with Crippen LogP contribution in [0.2, 0.25) is 0 Å². The molecule has 0 aliphatic rings. The molecule has 96 valence electrons. The van der Waals surface area contributed by atoms with Crippen molar-refractivity contribution in [1.82, 2.24) is 10.3 Å². The summed E-state index contributed by atoms with van der Waals surface area (Å²) in [5.41, 5.74) is 1.18. The molecule has 0 unspecified atom stereocenters. The molecule has 0 aliphatic heterocycles. The molecule has 2 aromatic rings. The van der Waals surface area contributed by atoms with Gasteiger partial charge in [-0.15, -0.1) is 0 Å². The van der Waals surface area contributed by atoms with Crippen LogP contribution >= 0.6 is 0 Å². The highest BCUT2D eigenvalue weighted by Crippen LogP contribution is 2.18. The van der Waals surface area contributed by atoms with Crippen molar-refractivity contribution in [3.8, 4) is 0 Å². The van der Waals surface area contributed by atoms with E-state index in [1.807, 2.05) is 19.1 Å². The van der Waals surface area contributed by atoms with Crippen LogP contribution in [0.4, 0.5) is 0 Å². The van der Waals surface area contributed by atoms with Gasteiger partial charge in [0.15, 0.2) is 0 Å². The summed E-state index contributed by atoms with van der Waals surface area (Å²) in [5.74, 6) is 0.618. The van der Waals surface area contributed by atoms with Crippen LogP contribution in [0.3, 0.4) is 0 Å². The zero-order chi connectivity index (χ0) is 12.8. The van der Waals surface area contributed by atoms with Crippen LogP contribution in [0.15, 0.2) is 47.3 Å². The molecule has 2 N–H and O–H groups in total. The Morgan fingerprint density at radius 2 is 2.11 bits per heavy atom. The van der Waals surface area contributed by atoms with Gasteiger partial charge in [0.25, 0.3) is 0 Å². The Morgan fingerprint density at radius 3 is 2.78 bits per heavy atom. The summed E-state index contributed by atoms with van der Waals surface area (Å²) in [6, 6.07) is 7.73. The monoisotopic (exact) mass is 246 g/mol. The lowest BCUT2D eigenvalue weighted by molar-refractivity contribution is 0.128. The van der Waals surface area contributed by atoms with Crippen molar-refractivity contribution in [2.45, 2.75) is 32.0 Å². The van der Waals surface area contributed by atoms with Crippen LogP contribution in [0.5, 0.6) is 0 Å². The minimum atomic E-state index is -0.556. The second kappa shape index (κ2) is 6.33. The Kier molecular flexibility index (Phi) is 4.50. The Labute approximate surface area is 107 Å². The Hall–Kier alpha value is -1.65. The highest BCUT2D eigenvalue weighted by atomic mass is 16.4. The van der Waals surface area contributed by atoms with Crippen LogP contribution in [0, 0.1) is 0 Å². The fourth-order valence-corrected chi connectivity index (χ4v) is 1.81. The van der Waals surface area contributed by atoms with Gasteiger partial charge in [-0.1, -0.05) is 0 Å². The van der Waals surface area contributed by atoms with E-state index in [1.54, 1.807) is 30.8 Å². The van der Waals surface area contributed by atoms with E-state index in [1.165, 1.54) is 5.56 Å². The molecule has 2 heterocycles. The maximum atomic E-state index is 9.93. The van der Waals surface area contributed by atoms with Gasteiger partial charge in [-0.05, 0) is 43.2 Å². The van der Waals surface area contributed by atoms with Crippen LogP contribution in [0.1, 0.15) is 30.8 Å². The number of nitrogens with zero attached hydrogens (tertiary/aromatic N) is 1. The third kappa shape index (κ3) is 3.68. The quantitative estimate of drug-likeness (QED) is 0.821. The van der Waals surface area contributed by atoms with Gasteiger partial charge in [-0.3, -0.25) is 4.98 Å². The van der Waals surface area contributed by atoms with Gasteiger partial charge >= 0.3 is 0 Å². The third-order valence-corrected chi connectivity index (χ3v) is 2.85. The second-order valence-corrected chi connectivity index (χ2v) is 4.40. The van der Waals surface area contributed by atoms with Crippen molar-refractivity contribution >= 4 is 0 Å². The molecule has 2 aromatic heterocycles. The first-order chi connectivity index (χ1) is 8.75. The van der Waals surface area contributed by atoms with Gasteiger partial charge in [0.05, 0.1) is 6.26 Å². The minimum absolute atomic E-state index is 0.207. The highest BCUT2D eigenvalue weighted by Gasteiger charge is 2.14. The minimum Gasteiger partial charge on any atom is -0.467 e. The van der Waals surface area contributed by atoms with Crippen molar-refractivity contribution in [3.63, 3.8) is 0 Å². The summed E-state index contributed by atoms with van der Waals surface area (Å²) in [5, 5.41) is 13.3. The van der Waals surface area contributed by atoms with Crippen LogP contribution in [-0.4, -0.2) is 16.1 Å². The molecule has 18 heavy (non-hydrogen) atoms. The lowest BCUT2D eigenvalue weighted by Gasteiger charge is -2.16. The molecule has 0 bridgehead atoms. The molecule has 0 radical (unpaired) electrons. The van der Waals surface area contributed by atoms with Gasteiger partial charge in [0, 0.05) is 25.0 Å². The van der Waals surface area contributed by atoms with E-state index in [0.717, 1.165) is 6.54 Å². The first-order valence-electron chi connectivity index (χ1n) is 6.09. The summed E-state index contributed by atoms with van der Waals surface area (Å²) in [6.07, 6.45) is 5.20. The maximum absolute atomic E-state index is 9.93. The number of pyridine rings is 1. The molecule has 4 heteroatoms. The molecule has 2 atom stereocenters. The Morgan fingerprint density at radius 1 is 1.33 bits per heavy atom.